The maximum absolute atomic E-state index is 12.6. The van der Waals surface area contributed by atoms with E-state index in [0.29, 0.717) is 39.8 Å². The zero-order chi connectivity index (χ0) is 22.7. The van der Waals surface area contributed by atoms with E-state index in [9.17, 15) is 4.79 Å². The third-order valence-corrected chi connectivity index (χ3v) is 5.07. The maximum atomic E-state index is 12.6. The van der Waals surface area contributed by atoms with Gasteiger partial charge in [0.2, 0.25) is 11.7 Å². The van der Waals surface area contributed by atoms with E-state index in [-0.39, 0.29) is 5.91 Å². The van der Waals surface area contributed by atoms with Gasteiger partial charge >= 0.3 is 0 Å². The molecule has 1 amide bonds. The fourth-order valence-corrected chi connectivity index (χ4v) is 3.56. The lowest BCUT2D eigenvalue weighted by Crippen LogP contribution is -2.08. The van der Waals surface area contributed by atoms with Crippen LogP contribution in [0, 0.1) is 0 Å². The van der Waals surface area contributed by atoms with Crippen molar-refractivity contribution in [2.24, 2.45) is 0 Å². The largest absolute Gasteiger partial charge is 0.495 e. The molecule has 7 heteroatoms. The first kappa shape index (κ1) is 21.1. The van der Waals surface area contributed by atoms with Crippen LogP contribution in [0.3, 0.4) is 0 Å². The monoisotopic (exact) mass is 433 g/mol. The Bertz CT molecular complexity index is 1300. The number of ether oxygens (including phenoxy) is 4. The third kappa shape index (κ3) is 3.92. The molecule has 0 radical (unpaired) electrons. The van der Waals surface area contributed by atoms with Gasteiger partial charge in [-0.1, -0.05) is 18.2 Å². The molecule has 7 nitrogen and oxygen atoms in total. The topological polar surface area (TPSA) is 79.2 Å². The summed E-state index contributed by atoms with van der Waals surface area (Å²) < 4.78 is 27.4. The normalized spacial score (nSPS) is 11.1. The Hall–Kier alpha value is -4.13. The van der Waals surface area contributed by atoms with Crippen molar-refractivity contribution in [3.8, 4) is 23.0 Å². The lowest BCUT2D eigenvalue weighted by molar-refractivity contribution is -0.111. The van der Waals surface area contributed by atoms with Gasteiger partial charge in [-0.05, 0) is 35.9 Å². The molecule has 4 aromatic rings. The number of para-hydroxylation sites is 1. The van der Waals surface area contributed by atoms with Crippen molar-refractivity contribution < 1.29 is 28.2 Å². The highest BCUT2D eigenvalue weighted by Gasteiger charge is 2.14. The summed E-state index contributed by atoms with van der Waals surface area (Å²) >= 11 is 0. The summed E-state index contributed by atoms with van der Waals surface area (Å²) in [4.78, 5) is 12.6. The number of benzene rings is 3. The number of fused-ring (bicyclic) bond motifs is 3. The number of amides is 1. The minimum absolute atomic E-state index is 0.326. The zero-order valence-corrected chi connectivity index (χ0v) is 18.2. The van der Waals surface area contributed by atoms with Crippen LogP contribution < -0.4 is 24.3 Å². The van der Waals surface area contributed by atoms with Gasteiger partial charge in [0.1, 0.15) is 16.9 Å². The minimum atomic E-state index is -0.326. The van der Waals surface area contributed by atoms with E-state index in [1.165, 1.54) is 27.4 Å². The van der Waals surface area contributed by atoms with Gasteiger partial charge in [-0.25, -0.2) is 0 Å². The van der Waals surface area contributed by atoms with E-state index in [0.717, 1.165) is 16.4 Å². The summed E-state index contributed by atoms with van der Waals surface area (Å²) in [6.07, 6.45) is 3.08. The van der Waals surface area contributed by atoms with Gasteiger partial charge in [-0.15, -0.1) is 0 Å². The van der Waals surface area contributed by atoms with Crippen LogP contribution in [0.5, 0.6) is 23.0 Å². The van der Waals surface area contributed by atoms with E-state index >= 15 is 0 Å². The molecule has 0 fully saturated rings. The van der Waals surface area contributed by atoms with Crippen molar-refractivity contribution in [2.75, 3.05) is 33.8 Å². The Labute approximate surface area is 185 Å². The summed E-state index contributed by atoms with van der Waals surface area (Å²) in [5, 5.41) is 4.76. The fourth-order valence-electron chi connectivity index (χ4n) is 3.56. The van der Waals surface area contributed by atoms with E-state index in [4.69, 9.17) is 23.4 Å². The number of carbonyl (C=O) groups is 1. The molecule has 0 aliphatic rings. The highest BCUT2D eigenvalue weighted by molar-refractivity contribution is 6.09. The molecule has 0 unspecified atom stereocenters. The second kappa shape index (κ2) is 8.93. The molecule has 0 atom stereocenters. The summed E-state index contributed by atoms with van der Waals surface area (Å²) in [6, 6.07) is 14.9. The highest BCUT2D eigenvalue weighted by Crippen LogP contribution is 2.39. The molecule has 164 valence electrons. The van der Waals surface area contributed by atoms with Gasteiger partial charge in [0.25, 0.3) is 0 Å². The minimum Gasteiger partial charge on any atom is -0.495 e. The number of anilines is 1. The SMILES string of the molecule is COc1cc2c(cc1NC(=O)C=Cc1cc(OC)c(OC)c(OC)c1)oc1ccccc12. The smallest absolute Gasteiger partial charge is 0.248 e. The quantitative estimate of drug-likeness (QED) is 0.400. The van der Waals surface area contributed by atoms with Crippen molar-refractivity contribution in [1.82, 2.24) is 0 Å². The second-order valence-electron chi connectivity index (χ2n) is 6.93. The number of hydrogen-bond donors (Lipinski definition) is 1. The summed E-state index contributed by atoms with van der Waals surface area (Å²) in [5.41, 5.74) is 2.67. The van der Waals surface area contributed by atoms with Gasteiger partial charge in [-0.2, -0.15) is 0 Å². The van der Waals surface area contributed by atoms with Crippen LogP contribution in [-0.4, -0.2) is 34.3 Å². The number of carbonyl (C=O) groups excluding carboxylic acids is 1. The van der Waals surface area contributed by atoms with Gasteiger partial charge < -0.3 is 28.7 Å². The zero-order valence-electron chi connectivity index (χ0n) is 18.2. The van der Waals surface area contributed by atoms with Crippen molar-refractivity contribution in [3.05, 3.63) is 60.2 Å². The average molecular weight is 433 g/mol. The average Bonchev–Trinajstić information content (AvgIpc) is 3.18. The molecular formula is C25H23NO6. The molecule has 0 saturated heterocycles. The molecule has 1 heterocycles. The molecule has 1 N–H and O–H groups in total. The summed E-state index contributed by atoms with van der Waals surface area (Å²) in [7, 11) is 6.18. The fraction of sp³-hybridized carbons (Fsp3) is 0.160. The van der Waals surface area contributed by atoms with Crippen LogP contribution in [0.4, 0.5) is 5.69 Å². The highest BCUT2D eigenvalue weighted by atomic mass is 16.5. The van der Waals surface area contributed by atoms with Crippen LogP contribution in [0.25, 0.3) is 28.0 Å². The Morgan fingerprint density at radius 1 is 0.812 bits per heavy atom. The third-order valence-electron chi connectivity index (χ3n) is 5.07. The standard InChI is InChI=1S/C25H23NO6/c1-28-21-13-17-16-7-5-6-8-19(16)32-20(17)14-18(21)26-24(27)10-9-15-11-22(29-2)25(31-4)23(12-15)30-3/h5-14H,1-4H3,(H,26,27). The number of hydrogen-bond acceptors (Lipinski definition) is 6. The van der Waals surface area contributed by atoms with E-state index in [2.05, 4.69) is 5.32 Å². The number of methoxy groups -OCH3 is 4. The first-order chi connectivity index (χ1) is 15.6. The number of nitrogens with one attached hydrogen (secondary N) is 1. The van der Waals surface area contributed by atoms with Gasteiger partial charge in [0, 0.05) is 22.9 Å². The van der Waals surface area contributed by atoms with E-state index in [1.54, 1.807) is 31.4 Å². The molecule has 32 heavy (non-hydrogen) atoms. The number of rotatable bonds is 7. The Balaban J connectivity index is 1.61. The molecule has 0 spiro atoms. The molecule has 3 aromatic carbocycles. The van der Waals surface area contributed by atoms with E-state index in [1.807, 2.05) is 30.3 Å². The van der Waals surface area contributed by atoms with E-state index < -0.39 is 0 Å². The lowest BCUT2D eigenvalue weighted by Gasteiger charge is -2.13. The second-order valence-corrected chi connectivity index (χ2v) is 6.93. The van der Waals surface area contributed by atoms with Gasteiger partial charge in [0.15, 0.2) is 11.5 Å². The van der Waals surface area contributed by atoms with Crippen LogP contribution in [0.1, 0.15) is 5.56 Å². The first-order valence-electron chi connectivity index (χ1n) is 9.86. The van der Waals surface area contributed by atoms with Crippen molar-refractivity contribution in [2.45, 2.75) is 0 Å². The van der Waals surface area contributed by atoms with Crippen LogP contribution in [-0.2, 0) is 4.79 Å². The van der Waals surface area contributed by atoms with Crippen molar-refractivity contribution in [1.29, 1.82) is 0 Å². The van der Waals surface area contributed by atoms with Gasteiger partial charge in [-0.3, -0.25) is 4.79 Å². The number of furan rings is 1. The van der Waals surface area contributed by atoms with Crippen LogP contribution >= 0.6 is 0 Å². The molecule has 0 saturated carbocycles. The predicted molar refractivity (Wildman–Crippen MR) is 124 cm³/mol. The summed E-state index contributed by atoms with van der Waals surface area (Å²) in [6.45, 7) is 0. The van der Waals surface area contributed by atoms with Crippen molar-refractivity contribution in [3.63, 3.8) is 0 Å². The molecule has 0 aliphatic carbocycles. The van der Waals surface area contributed by atoms with Gasteiger partial charge in [0.05, 0.1) is 34.1 Å². The van der Waals surface area contributed by atoms with Crippen LogP contribution in [0.2, 0.25) is 0 Å². The van der Waals surface area contributed by atoms with Crippen LogP contribution in [0.15, 0.2) is 59.0 Å². The summed E-state index contributed by atoms with van der Waals surface area (Å²) in [5.74, 6) is 1.71. The molecule has 4 rings (SSSR count). The predicted octanol–water partition coefficient (Wildman–Crippen LogP) is 5.27. The lowest BCUT2D eigenvalue weighted by atomic mass is 10.1. The molecule has 0 bridgehead atoms. The maximum Gasteiger partial charge on any atom is 0.248 e. The Morgan fingerprint density at radius 3 is 2.16 bits per heavy atom. The molecule has 0 aliphatic heterocycles. The molecular weight excluding hydrogens is 410 g/mol. The Morgan fingerprint density at radius 2 is 1.50 bits per heavy atom. The molecule has 1 aromatic heterocycles. The Kier molecular flexibility index (Phi) is 5.89. The van der Waals surface area contributed by atoms with Crippen molar-refractivity contribution >= 4 is 39.6 Å². The first-order valence-corrected chi connectivity index (χ1v) is 9.86.